The lowest BCUT2D eigenvalue weighted by molar-refractivity contribution is 0.0532. The van der Waals surface area contributed by atoms with E-state index in [4.69, 9.17) is 9.84 Å². The number of aliphatic hydroxyl groups excluding tert-OH is 1. The molecular weight excluding hydrogens is 322 g/mol. The van der Waals surface area contributed by atoms with Crippen LogP contribution in [0.5, 0.6) is 0 Å². The van der Waals surface area contributed by atoms with Crippen LogP contribution in [0.1, 0.15) is 48.0 Å². The smallest absolute Gasteiger partial charge is 0.419 e. The Hall–Kier alpha value is -1.46. The Morgan fingerprint density at radius 1 is 1.21 bits per heavy atom. The molecule has 1 aromatic carbocycles. The molecule has 0 aliphatic heterocycles. The number of hydrogen-bond acceptors (Lipinski definition) is 4. The van der Waals surface area contributed by atoms with Gasteiger partial charge in [-0.3, -0.25) is 0 Å². The molecule has 0 saturated carbocycles. The zero-order valence-electron chi connectivity index (χ0n) is 15.9. The third-order valence-corrected chi connectivity index (χ3v) is 3.18. The molecular formula is C19H31NO3S. The van der Waals surface area contributed by atoms with Gasteiger partial charge >= 0.3 is 6.09 Å². The van der Waals surface area contributed by atoms with Gasteiger partial charge in [0.15, 0.2) is 0 Å². The third-order valence-electron chi connectivity index (χ3n) is 2.46. The molecule has 0 atom stereocenters. The van der Waals surface area contributed by atoms with Crippen molar-refractivity contribution in [2.75, 3.05) is 12.9 Å². The normalized spacial score (nSPS) is 10.3. The number of rotatable bonds is 1. The van der Waals surface area contributed by atoms with Gasteiger partial charge in [0, 0.05) is 12.0 Å². The topological polar surface area (TPSA) is 51.5 Å². The average molecular weight is 354 g/mol. The van der Waals surface area contributed by atoms with Crippen LogP contribution in [0.15, 0.2) is 35.4 Å². The van der Waals surface area contributed by atoms with Crippen LogP contribution in [-0.2, 0) is 4.74 Å². The molecule has 136 valence electrons. The fraction of sp³-hybridized carbons (Fsp3) is 0.526. The molecule has 2 aromatic rings. The van der Waals surface area contributed by atoms with Crippen molar-refractivity contribution in [2.24, 2.45) is 0 Å². The number of ether oxygens (including phenoxy) is 1. The quantitative estimate of drug-likeness (QED) is 0.682. The van der Waals surface area contributed by atoms with E-state index in [9.17, 15) is 4.79 Å². The van der Waals surface area contributed by atoms with Crippen molar-refractivity contribution in [1.82, 2.24) is 4.57 Å². The fourth-order valence-electron chi connectivity index (χ4n) is 1.78. The van der Waals surface area contributed by atoms with E-state index in [-0.39, 0.29) is 12.7 Å². The summed E-state index contributed by atoms with van der Waals surface area (Å²) in [5, 5.41) is 9.51. The van der Waals surface area contributed by atoms with E-state index in [1.165, 1.54) is 18.2 Å². The number of hydrogen-bond donors (Lipinski definition) is 1. The number of aliphatic hydroxyl groups is 1. The van der Waals surface area contributed by atoms with E-state index < -0.39 is 5.60 Å². The van der Waals surface area contributed by atoms with Gasteiger partial charge in [-0.2, -0.15) is 0 Å². The molecule has 0 radical (unpaired) electrons. The van der Waals surface area contributed by atoms with Crippen molar-refractivity contribution in [3.8, 4) is 0 Å². The SMILES string of the molecule is CCC.CCO.CSc1cc2ccccc2n1C(=O)OC(C)(C)C. The van der Waals surface area contributed by atoms with Gasteiger partial charge in [-0.25, -0.2) is 9.36 Å². The largest absolute Gasteiger partial charge is 0.443 e. The van der Waals surface area contributed by atoms with Gasteiger partial charge in [0.25, 0.3) is 0 Å². The van der Waals surface area contributed by atoms with Gasteiger partial charge in [-0.15, -0.1) is 11.8 Å². The summed E-state index contributed by atoms with van der Waals surface area (Å²) >= 11 is 1.54. The molecule has 0 spiro atoms. The molecule has 1 heterocycles. The van der Waals surface area contributed by atoms with E-state index in [1.807, 2.05) is 57.4 Å². The standard InChI is InChI=1S/C14H17NO2S.C3H8.C2H6O/c1-14(2,3)17-13(16)15-11-8-6-5-7-10(11)9-12(15)18-4;1-3-2;1-2-3/h5-9H,1-4H3;3H2,1-2H3;3H,2H2,1H3. The number of benzene rings is 1. The minimum atomic E-state index is -0.488. The van der Waals surface area contributed by atoms with Gasteiger partial charge in [0.1, 0.15) is 5.60 Å². The van der Waals surface area contributed by atoms with Crippen LogP contribution in [0.4, 0.5) is 4.79 Å². The van der Waals surface area contributed by atoms with Gasteiger partial charge in [0.05, 0.1) is 10.5 Å². The van der Waals surface area contributed by atoms with Crippen molar-refractivity contribution in [1.29, 1.82) is 0 Å². The molecule has 4 nitrogen and oxygen atoms in total. The lowest BCUT2D eigenvalue weighted by atomic mass is 10.2. The molecule has 0 unspecified atom stereocenters. The molecule has 0 fully saturated rings. The maximum atomic E-state index is 12.2. The van der Waals surface area contributed by atoms with E-state index in [1.54, 1.807) is 11.5 Å². The minimum absolute atomic E-state index is 0.250. The number of fused-ring (bicyclic) bond motifs is 1. The van der Waals surface area contributed by atoms with Crippen LogP contribution in [0.3, 0.4) is 0 Å². The zero-order valence-corrected chi connectivity index (χ0v) is 16.7. The first-order valence-corrected chi connectivity index (χ1v) is 9.46. The van der Waals surface area contributed by atoms with Gasteiger partial charge in [0.2, 0.25) is 0 Å². The van der Waals surface area contributed by atoms with E-state index in [0.29, 0.717) is 0 Å². The maximum Gasteiger partial charge on any atom is 0.419 e. The Labute approximate surface area is 150 Å². The Bertz CT molecular complexity index is 613. The van der Waals surface area contributed by atoms with Crippen LogP contribution >= 0.6 is 11.8 Å². The van der Waals surface area contributed by atoms with E-state index >= 15 is 0 Å². The summed E-state index contributed by atoms with van der Waals surface area (Å²) in [6.07, 6.45) is 2.88. The van der Waals surface area contributed by atoms with Crippen molar-refractivity contribution < 1.29 is 14.6 Å². The second-order valence-corrected chi connectivity index (χ2v) is 6.91. The molecule has 0 aliphatic carbocycles. The summed E-state index contributed by atoms with van der Waals surface area (Å²) in [6.45, 7) is 11.8. The monoisotopic (exact) mass is 353 g/mol. The Kier molecular flexibility index (Phi) is 10.5. The van der Waals surface area contributed by atoms with Crippen LogP contribution < -0.4 is 0 Å². The number of aromatic nitrogens is 1. The van der Waals surface area contributed by atoms with E-state index in [2.05, 4.69) is 13.8 Å². The first kappa shape index (κ1) is 22.5. The summed E-state index contributed by atoms with van der Waals surface area (Å²) in [5.74, 6) is 0. The summed E-state index contributed by atoms with van der Waals surface area (Å²) in [4.78, 5) is 12.2. The molecule has 2 rings (SSSR count). The summed E-state index contributed by atoms with van der Waals surface area (Å²) in [5.41, 5.74) is 0.397. The van der Waals surface area contributed by atoms with Crippen molar-refractivity contribution >= 4 is 28.8 Å². The molecule has 1 N–H and O–H groups in total. The van der Waals surface area contributed by atoms with Gasteiger partial charge < -0.3 is 9.84 Å². The average Bonchev–Trinajstić information content (AvgIpc) is 2.85. The van der Waals surface area contributed by atoms with E-state index in [0.717, 1.165) is 15.9 Å². The number of nitrogens with zero attached hydrogens (tertiary/aromatic N) is 1. The number of carbonyl (C=O) groups excluding carboxylic acids is 1. The van der Waals surface area contributed by atoms with Crippen molar-refractivity contribution in [3.63, 3.8) is 0 Å². The Morgan fingerprint density at radius 2 is 1.71 bits per heavy atom. The highest BCUT2D eigenvalue weighted by atomic mass is 32.2. The van der Waals surface area contributed by atoms with Crippen LogP contribution in [0.2, 0.25) is 0 Å². The second-order valence-electron chi connectivity index (χ2n) is 6.08. The summed E-state index contributed by atoms with van der Waals surface area (Å²) < 4.78 is 7.07. The van der Waals surface area contributed by atoms with Crippen molar-refractivity contribution in [3.05, 3.63) is 30.3 Å². The predicted octanol–water partition coefficient (Wildman–Crippen LogP) is 5.56. The number of para-hydroxylation sites is 1. The molecule has 0 bridgehead atoms. The molecule has 24 heavy (non-hydrogen) atoms. The highest BCUT2D eigenvalue weighted by molar-refractivity contribution is 7.98. The molecule has 0 saturated heterocycles. The fourth-order valence-corrected chi connectivity index (χ4v) is 2.38. The zero-order chi connectivity index (χ0) is 18.8. The lowest BCUT2D eigenvalue weighted by Crippen LogP contribution is -2.27. The highest BCUT2D eigenvalue weighted by Gasteiger charge is 2.21. The van der Waals surface area contributed by atoms with Gasteiger partial charge in [-0.1, -0.05) is 38.5 Å². The summed E-state index contributed by atoms with van der Waals surface area (Å²) in [7, 11) is 0. The second kappa shape index (κ2) is 11.2. The van der Waals surface area contributed by atoms with Gasteiger partial charge in [-0.05, 0) is 46.1 Å². The number of carbonyl (C=O) groups is 1. The Morgan fingerprint density at radius 3 is 2.17 bits per heavy atom. The van der Waals surface area contributed by atoms with Crippen LogP contribution in [-0.4, -0.2) is 34.2 Å². The third kappa shape index (κ3) is 7.41. The molecule has 1 aromatic heterocycles. The highest BCUT2D eigenvalue weighted by Crippen LogP contribution is 2.27. The minimum Gasteiger partial charge on any atom is -0.443 e. The Balaban J connectivity index is 0.000000772. The molecule has 5 heteroatoms. The first-order valence-electron chi connectivity index (χ1n) is 8.24. The predicted molar refractivity (Wildman–Crippen MR) is 104 cm³/mol. The van der Waals surface area contributed by atoms with Crippen molar-refractivity contribution in [2.45, 2.75) is 58.6 Å². The first-order chi connectivity index (χ1) is 11.2. The number of thioether (sulfide) groups is 1. The van der Waals surface area contributed by atoms with Crippen LogP contribution in [0.25, 0.3) is 10.9 Å². The van der Waals surface area contributed by atoms with Crippen LogP contribution in [0, 0.1) is 0 Å². The lowest BCUT2D eigenvalue weighted by Gasteiger charge is -2.20. The summed E-state index contributed by atoms with van der Waals surface area (Å²) in [6, 6.07) is 9.82. The molecule has 0 amide bonds. The molecule has 0 aliphatic rings. The maximum absolute atomic E-state index is 12.2.